The summed E-state index contributed by atoms with van der Waals surface area (Å²) in [5, 5.41) is 8.82. The molecule has 3 heteroatoms. The van der Waals surface area contributed by atoms with Crippen molar-refractivity contribution in [2.24, 2.45) is 5.92 Å². The van der Waals surface area contributed by atoms with Crippen molar-refractivity contribution in [2.75, 3.05) is 7.05 Å². The molecule has 2 heterocycles. The number of piperidine rings is 1. The van der Waals surface area contributed by atoms with Crippen molar-refractivity contribution in [1.82, 2.24) is 4.90 Å². The maximum absolute atomic E-state index is 10.7. The van der Waals surface area contributed by atoms with Crippen LogP contribution in [0.15, 0.2) is 0 Å². The van der Waals surface area contributed by atoms with E-state index in [0.717, 1.165) is 19.3 Å². The van der Waals surface area contributed by atoms with Crippen molar-refractivity contribution in [1.29, 1.82) is 0 Å². The van der Waals surface area contributed by atoms with Gasteiger partial charge in [-0.25, -0.2) is 0 Å². The molecular weight excluding hydrogens is 142 g/mol. The van der Waals surface area contributed by atoms with E-state index in [-0.39, 0.29) is 5.92 Å². The third kappa shape index (κ3) is 0.872. The summed E-state index contributed by atoms with van der Waals surface area (Å²) in [5.74, 6) is -0.704. The quantitative estimate of drug-likeness (QED) is 0.601. The van der Waals surface area contributed by atoms with E-state index in [1.807, 2.05) is 7.05 Å². The lowest BCUT2D eigenvalue weighted by molar-refractivity contribution is -0.153. The minimum Gasteiger partial charge on any atom is -0.481 e. The molecule has 1 aliphatic carbocycles. The van der Waals surface area contributed by atoms with Gasteiger partial charge in [0.2, 0.25) is 0 Å². The average Bonchev–Trinajstić information content (AvgIpc) is 2.03. The van der Waals surface area contributed by atoms with Gasteiger partial charge in [-0.15, -0.1) is 0 Å². The van der Waals surface area contributed by atoms with Crippen molar-refractivity contribution in [3.05, 3.63) is 0 Å². The number of hydrogen-bond acceptors (Lipinski definition) is 2. The molecule has 3 nitrogen and oxygen atoms in total. The highest BCUT2D eigenvalue weighted by atomic mass is 16.4. The van der Waals surface area contributed by atoms with Gasteiger partial charge in [-0.05, 0) is 26.3 Å². The van der Waals surface area contributed by atoms with Crippen LogP contribution in [0.1, 0.15) is 19.3 Å². The van der Waals surface area contributed by atoms with E-state index in [2.05, 4.69) is 4.90 Å². The Kier molecular flexibility index (Phi) is 1.42. The molecule has 11 heavy (non-hydrogen) atoms. The summed E-state index contributed by atoms with van der Waals surface area (Å²) >= 11 is 0. The van der Waals surface area contributed by atoms with Gasteiger partial charge in [-0.2, -0.15) is 0 Å². The van der Waals surface area contributed by atoms with Crippen LogP contribution in [0.3, 0.4) is 0 Å². The van der Waals surface area contributed by atoms with Gasteiger partial charge in [0, 0.05) is 12.1 Å². The van der Waals surface area contributed by atoms with Crippen molar-refractivity contribution >= 4 is 5.97 Å². The topological polar surface area (TPSA) is 40.5 Å². The van der Waals surface area contributed by atoms with E-state index in [4.69, 9.17) is 5.11 Å². The van der Waals surface area contributed by atoms with Gasteiger partial charge in [-0.1, -0.05) is 0 Å². The summed E-state index contributed by atoms with van der Waals surface area (Å²) in [6.07, 6.45) is 3.06. The lowest BCUT2D eigenvalue weighted by atomic mass is 9.73. The first-order valence-electron chi connectivity index (χ1n) is 4.15. The Hall–Kier alpha value is -0.570. The second kappa shape index (κ2) is 2.21. The van der Waals surface area contributed by atoms with Gasteiger partial charge in [0.25, 0.3) is 0 Å². The second-order valence-corrected chi connectivity index (χ2v) is 3.64. The molecule has 0 aromatic heterocycles. The first-order chi connectivity index (χ1) is 5.20. The van der Waals surface area contributed by atoms with Crippen LogP contribution in [0, 0.1) is 5.92 Å². The fourth-order valence-corrected chi connectivity index (χ4v) is 2.37. The van der Waals surface area contributed by atoms with Crippen molar-refractivity contribution < 1.29 is 9.90 Å². The molecule has 1 saturated carbocycles. The third-order valence-electron chi connectivity index (χ3n) is 3.21. The molecule has 62 valence electrons. The maximum atomic E-state index is 10.7. The normalized spacial score (nSPS) is 43.2. The first kappa shape index (κ1) is 7.10. The first-order valence-corrected chi connectivity index (χ1v) is 4.15. The van der Waals surface area contributed by atoms with Gasteiger partial charge in [0.05, 0.1) is 5.92 Å². The Labute approximate surface area is 66.0 Å². The summed E-state index contributed by atoms with van der Waals surface area (Å²) in [6, 6.07) is 1.03. The number of carboxylic acids is 1. The van der Waals surface area contributed by atoms with E-state index in [9.17, 15) is 4.79 Å². The molecule has 3 fully saturated rings. The zero-order valence-electron chi connectivity index (χ0n) is 6.66. The van der Waals surface area contributed by atoms with E-state index < -0.39 is 5.97 Å². The number of fused-ring (bicyclic) bond motifs is 2. The fourth-order valence-electron chi connectivity index (χ4n) is 2.37. The zero-order valence-corrected chi connectivity index (χ0v) is 6.66. The van der Waals surface area contributed by atoms with Crippen LogP contribution in [0.4, 0.5) is 0 Å². The number of rotatable bonds is 1. The highest BCUT2D eigenvalue weighted by Crippen LogP contribution is 2.40. The molecule has 0 amide bonds. The minimum absolute atomic E-state index is 0.0926. The standard InChI is InChI=1S/C8H13NO2/c1-9-5-2-3-6(8(10)11)7(9)4-5/h5-7H,2-4H2,1H3,(H,10,11). The maximum Gasteiger partial charge on any atom is 0.308 e. The largest absolute Gasteiger partial charge is 0.481 e. The fraction of sp³-hybridized carbons (Fsp3) is 0.875. The number of aliphatic carboxylic acids is 1. The second-order valence-electron chi connectivity index (χ2n) is 3.64. The average molecular weight is 155 g/mol. The van der Waals surface area contributed by atoms with Gasteiger partial charge < -0.3 is 5.11 Å². The lowest BCUT2D eigenvalue weighted by Crippen LogP contribution is -2.61. The van der Waals surface area contributed by atoms with Crippen molar-refractivity contribution in [3.8, 4) is 0 Å². The van der Waals surface area contributed by atoms with E-state index in [1.165, 1.54) is 0 Å². The van der Waals surface area contributed by atoms with Crippen LogP contribution in [0.25, 0.3) is 0 Å². The molecule has 3 atom stereocenters. The van der Waals surface area contributed by atoms with Crippen LogP contribution < -0.4 is 0 Å². The number of carbonyl (C=O) groups is 1. The van der Waals surface area contributed by atoms with Crippen LogP contribution in [-0.4, -0.2) is 35.1 Å². The molecule has 2 bridgehead atoms. The van der Waals surface area contributed by atoms with Crippen LogP contribution >= 0.6 is 0 Å². The van der Waals surface area contributed by atoms with Crippen LogP contribution in [0.5, 0.6) is 0 Å². The highest BCUT2D eigenvalue weighted by Gasteiger charge is 2.47. The van der Waals surface area contributed by atoms with Crippen molar-refractivity contribution in [2.45, 2.75) is 31.3 Å². The lowest BCUT2D eigenvalue weighted by Gasteiger charge is -2.53. The molecule has 2 saturated heterocycles. The molecule has 3 rings (SSSR count). The molecule has 0 radical (unpaired) electrons. The smallest absolute Gasteiger partial charge is 0.308 e. The molecule has 0 spiro atoms. The Morgan fingerprint density at radius 1 is 1.55 bits per heavy atom. The molecule has 0 aromatic carbocycles. The SMILES string of the molecule is CN1C2CCC(C(=O)O)C1C2. The number of nitrogens with zero attached hydrogens (tertiary/aromatic N) is 1. The Bertz CT molecular complexity index is 191. The Morgan fingerprint density at radius 3 is 2.64 bits per heavy atom. The van der Waals surface area contributed by atoms with Crippen molar-refractivity contribution in [3.63, 3.8) is 0 Å². The predicted molar refractivity (Wildman–Crippen MR) is 40.3 cm³/mol. The summed E-state index contributed by atoms with van der Waals surface area (Å²) in [4.78, 5) is 12.9. The van der Waals surface area contributed by atoms with Gasteiger partial charge in [0.1, 0.15) is 0 Å². The van der Waals surface area contributed by atoms with Gasteiger partial charge in [0.15, 0.2) is 0 Å². The monoisotopic (exact) mass is 155 g/mol. The van der Waals surface area contributed by atoms with E-state index in [0.29, 0.717) is 12.1 Å². The summed E-state index contributed by atoms with van der Waals surface area (Å²) in [6.45, 7) is 0. The van der Waals surface area contributed by atoms with Crippen LogP contribution in [0.2, 0.25) is 0 Å². The van der Waals surface area contributed by atoms with Crippen LogP contribution in [-0.2, 0) is 4.79 Å². The molecule has 3 aliphatic rings. The van der Waals surface area contributed by atoms with E-state index in [1.54, 1.807) is 0 Å². The third-order valence-corrected chi connectivity index (χ3v) is 3.21. The molecule has 3 unspecified atom stereocenters. The van der Waals surface area contributed by atoms with E-state index >= 15 is 0 Å². The molecule has 1 N–H and O–H groups in total. The summed E-state index contributed by atoms with van der Waals surface area (Å²) in [5.41, 5.74) is 0. The number of carboxylic acid groups (broad SMARTS) is 1. The number of hydrogen-bond donors (Lipinski definition) is 1. The van der Waals surface area contributed by atoms with Gasteiger partial charge in [-0.3, -0.25) is 9.69 Å². The van der Waals surface area contributed by atoms with Gasteiger partial charge >= 0.3 is 5.97 Å². The Balaban J connectivity index is 2.07. The molecule has 0 aromatic rings. The Morgan fingerprint density at radius 2 is 2.27 bits per heavy atom. The molecular formula is C8H13NO2. The zero-order chi connectivity index (χ0) is 8.01. The predicted octanol–water partition coefficient (Wildman–Crippen LogP) is 0.554. The minimum atomic E-state index is -0.611. The summed E-state index contributed by atoms with van der Waals surface area (Å²) < 4.78 is 0. The molecule has 2 aliphatic heterocycles. The summed E-state index contributed by atoms with van der Waals surface area (Å²) in [7, 11) is 2.04. The highest BCUT2D eigenvalue weighted by molar-refractivity contribution is 5.71.